The van der Waals surface area contributed by atoms with E-state index in [1.807, 2.05) is 0 Å². The van der Waals surface area contributed by atoms with Gasteiger partial charge in [0.2, 0.25) is 5.69 Å². The quantitative estimate of drug-likeness (QED) is 0.382. The van der Waals surface area contributed by atoms with Gasteiger partial charge < -0.3 is 14.6 Å². The maximum atomic E-state index is 12.8. The van der Waals surface area contributed by atoms with E-state index in [2.05, 4.69) is 19.7 Å². The number of methoxy groups -OCH3 is 2. The molecule has 0 amide bonds. The zero-order valence-corrected chi connectivity index (χ0v) is 20.3. The Kier molecular flexibility index (Phi) is 8.65. The molecule has 2 heterocycles. The summed E-state index contributed by atoms with van der Waals surface area (Å²) in [7, 11) is 2.30. The van der Waals surface area contributed by atoms with Crippen molar-refractivity contribution in [1.82, 2.24) is 19.6 Å². The second kappa shape index (κ2) is 11.9. The summed E-state index contributed by atoms with van der Waals surface area (Å²) in [5.74, 6) is -3.13. The van der Waals surface area contributed by atoms with Gasteiger partial charge in [-0.15, -0.1) is 0 Å². The summed E-state index contributed by atoms with van der Waals surface area (Å²) >= 11 is 5.75. The highest BCUT2D eigenvalue weighted by Crippen LogP contribution is 2.15. The van der Waals surface area contributed by atoms with E-state index in [9.17, 15) is 33.1 Å². The molecule has 14 heteroatoms. The third-order valence-corrected chi connectivity index (χ3v) is 4.98. The lowest BCUT2D eigenvalue weighted by Crippen LogP contribution is -2.24. The number of hydrogen-bond donors (Lipinski definition) is 1. The van der Waals surface area contributed by atoms with Crippen molar-refractivity contribution in [2.45, 2.75) is 0 Å². The number of carbonyl (C=O) groups is 2. The molecule has 11 nitrogen and oxygen atoms in total. The Bertz CT molecular complexity index is 1480. The van der Waals surface area contributed by atoms with Crippen molar-refractivity contribution in [2.75, 3.05) is 14.2 Å². The molecular weight excluding hydrogens is 530 g/mol. The Labute approximate surface area is 217 Å². The molecule has 38 heavy (non-hydrogen) atoms. The molecular formula is C24H17ClF2N4O7. The highest BCUT2D eigenvalue weighted by molar-refractivity contribution is 6.33. The predicted octanol–water partition coefficient (Wildman–Crippen LogP) is 2.68. The summed E-state index contributed by atoms with van der Waals surface area (Å²) < 4.78 is 36.4. The molecule has 0 radical (unpaired) electrons. The molecule has 2 aromatic carbocycles. The van der Waals surface area contributed by atoms with Gasteiger partial charge in [0.25, 0.3) is 11.1 Å². The Morgan fingerprint density at radius 3 is 1.61 bits per heavy atom. The Balaban J connectivity index is 0.000000211. The summed E-state index contributed by atoms with van der Waals surface area (Å²) in [6.45, 7) is 0. The van der Waals surface area contributed by atoms with Crippen LogP contribution in [0, 0.1) is 11.6 Å². The van der Waals surface area contributed by atoms with Crippen molar-refractivity contribution in [1.29, 1.82) is 0 Å². The van der Waals surface area contributed by atoms with Gasteiger partial charge in [0, 0.05) is 12.1 Å². The minimum atomic E-state index is -0.881. The second-order valence-corrected chi connectivity index (χ2v) is 7.56. The SMILES string of the molecule is COC(=O)c1nn(-c2ccc(F)cc2)c(=O)cc1Cl.COC(=O)c1nn(-c2ccc(F)cc2)c(=O)cc1O. The maximum absolute atomic E-state index is 12.8. The zero-order valence-electron chi connectivity index (χ0n) is 19.6. The molecule has 0 bridgehead atoms. The fourth-order valence-electron chi connectivity index (χ4n) is 2.89. The smallest absolute Gasteiger partial charge is 0.362 e. The van der Waals surface area contributed by atoms with E-state index in [4.69, 9.17) is 11.6 Å². The average Bonchev–Trinajstić information content (AvgIpc) is 2.90. The van der Waals surface area contributed by atoms with E-state index in [0.29, 0.717) is 5.69 Å². The van der Waals surface area contributed by atoms with E-state index in [0.717, 1.165) is 40.7 Å². The monoisotopic (exact) mass is 546 g/mol. The Morgan fingerprint density at radius 2 is 1.16 bits per heavy atom. The number of aromatic hydroxyl groups is 1. The molecule has 4 aromatic rings. The summed E-state index contributed by atoms with van der Waals surface area (Å²) in [6, 6.07) is 11.9. The number of esters is 2. The number of nitrogens with zero attached hydrogens (tertiary/aromatic N) is 4. The van der Waals surface area contributed by atoms with E-state index in [1.165, 1.54) is 43.5 Å². The van der Waals surface area contributed by atoms with Crippen LogP contribution in [0.2, 0.25) is 5.02 Å². The van der Waals surface area contributed by atoms with Gasteiger partial charge in [-0.05, 0) is 48.5 Å². The van der Waals surface area contributed by atoms with E-state index < -0.39 is 46.1 Å². The van der Waals surface area contributed by atoms with Crippen LogP contribution in [0.4, 0.5) is 8.78 Å². The van der Waals surface area contributed by atoms with Crippen LogP contribution in [0.1, 0.15) is 21.0 Å². The molecule has 4 rings (SSSR count). The first-order valence-electron chi connectivity index (χ1n) is 10.4. The fourth-order valence-corrected chi connectivity index (χ4v) is 3.10. The number of halogens is 3. The van der Waals surface area contributed by atoms with Crippen LogP contribution in [0.3, 0.4) is 0 Å². The van der Waals surface area contributed by atoms with E-state index in [-0.39, 0.29) is 16.4 Å². The number of rotatable bonds is 4. The second-order valence-electron chi connectivity index (χ2n) is 7.16. The normalized spacial score (nSPS) is 10.2. The third kappa shape index (κ3) is 6.25. The molecule has 0 spiro atoms. The molecule has 196 valence electrons. The Hall–Kier alpha value is -4.91. The minimum absolute atomic E-state index is 0.102. The van der Waals surface area contributed by atoms with Gasteiger partial charge in [-0.2, -0.15) is 19.6 Å². The summed E-state index contributed by atoms with van der Waals surface area (Å²) in [4.78, 5) is 46.2. The topological polar surface area (TPSA) is 143 Å². The van der Waals surface area contributed by atoms with Crippen molar-refractivity contribution >= 4 is 23.5 Å². The van der Waals surface area contributed by atoms with Crippen molar-refractivity contribution in [3.63, 3.8) is 0 Å². The van der Waals surface area contributed by atoms with Gasteiger partial charge in [-0.3, -0.25) is 9.59 Å². The molecule has 0 fully saturated rings. The molecule has 0 unspecified atom stereocenters. The first kappa shape index (κ1) is 27.7. The lowest BCUT2D eigenvalue weighted by atomic mass is 10.3. The zero-order chi connectivity index (χ0) is 28.0. The molecule has 0 saturated carbocycles. The Morgan fingerprint density at radius 1 is 0.763 bits per heavy atom. The van der Waals surface area contributed by atoms with Gasteiger partial charge in [-0.1, -0.05) is 11.6 Å². The molecule has 0 aliphatic rings. The summed E-state index contributed by atoms with van der Waals surface area (Å²) in [5, 5.41) is 16.9. The van der Waals surface area contributed by atoms with Gasteiger partial charge in [0.15, 0.2) is 11.4 Å². The fraction of sp³-hybridized carbons (Fsp3) is 0.0833. The average molecular weight is 547 g/mol. The summed E-state index contributed by atoms with van der Waals surface area (Å²) in [6.07, 6.45) is 0. The first-order valence-corrected chi connectivity index (χ1v) is 10.7. The molecule has 1 N–H and O–H groups in total. The number of aromatic nitrogens is 4. The van der Waals surface area contributed by atoms with Crippen molar-refractivity contribution in [3.8, 4) is 17.1 Å². The van der Waals surface area contributed by atoms with Crippen LogP contribution >= 0.6 is 11.6 Å². The molecule has 0 aliphatic carbocycles. The van der Waals surface area contributed by atoms with Gasteiger partial charge in [0.05, 0.1) is 30.6 Å². The van der Waals surface area contributed by atoms with Gasteiger partial charge in [0.1, 0.15) is 11.6 Å². The standard InChI is InChI=1S/C12H8ClFN2O3.C12H9FN2O4/c1-19-12(18)11-9(13)6-10(17)16(15-11)8-4-2-7(14)3-5-8;1-19-12(18)11-9(16)6-10(17)15(14-11)8-4-2-7(13)3-5-8/h2-6H,1H3;2-6,16H,1H3. The van der Waals surface area contributed by atoms with Crippen LogP contribution in [0.5, 0.6) is 5.75 Å². The molecule has 2 aromatic heterocycles. The number of carbonyl (C=O) groups excluding carboxylic acids is 2. The highest BCUT2D eigenvalue weighted by Gasteiger charge is 2.18. The number of hydrogen-bond acceptors (Lipinski definition) is 9. The minimum Gasteiger partial charge on any atom is -0.505 e. The van der Waals surface area contributed by atoms with Crippen LogP contribution in [-0.2, 0) is 9.47 Å². The third-order valence-electron chi connectivity index (χ3n) is 4.70. The molecule has 0 atom stereocenters. The van der Waals surface area contributed by atoms with Crippen LogP contribution < -0.4 is 11.1 Å². The van der Waals surface area contributed by atoms with Crippen molar-refractivity contribution < 1.29 is 33.0 Å². The van der Waals surface area contributed by atoms with E-state index >= 15 is 0 Å². The summed E-state index contributed by atoms with van der Waals surface area (Å²) in [5.41, 5.74) is -1.20. The largest absolute Gasteiger partial charge is 0.505 e. The number of benzene rings is 2. The predicted molar refractivity (Wildman–Crippen MR) is 129 cm³/mol. The van der Waals surface area contributed by atoms with Crippen LogP contribution in [-0.4, -0.2) is 50.8 Å². The van der Waals surface area contributed by atoms with Gasteiger partial charge in [-0.25, -0.2) is 18.4 Å². The molecule has 0 aliphatic heterocycles. The lowest BCUT2D eigenvalue weighted by Gasteiger charge is -2.07. The van der Waals surface area contributed by atoms with E-state index in [1.54, 1.807) is 0 Å². The van der Waals surface area contributed by atoms with Crippen LogP contribution in [0.15, 0.2) is 70.3 Å². The molecule has 0 saturated heterocycles. The van der Waals surface area contributed by atoms with Crippen LogP contribution in [0.25, 0.3) is 11.4 Å². The van der Waals surface area contributed by atoms with Crippen molar-refractivity contribution in [3.05, 3.63) is 109 Å². The maximum Gasteiger partial charge on any atom is 0.362 e. The van der Waals surface area contributed by atoms with Crippen molar-refractivity contribution in [2.24, 2.45) is 0 Å². The highest BCUT2D eigenvalue weighted by atomic mass is 35.5. The first-order chi connectivity index (χ1) is 18.0. The number of ether oxygens (including phenoxy) is 2. The van der Waals surface area contributed by atoms with Gasteiger partial charge >= 0.3 is 11.9 Å². The lowest BCUT2D eigenvalue weighted by molar-refractivity contribution is 0.0580.